The Balaban J connectivity index is 2.31. The van der Waals surface area contributed by atoms with E-state index in [-0.39, 0.29) is 11.3 Å². The number of thioether (sulfide) groups is 1. The highest BCUT2D eigenvalue weighted by Gasteiger charge is 2.35. The largest absolute Gasteiger partial charge is 0.507 e. The van der Waals surface area contributed by atoms with E-state index in [1.54, 1.807) is 6.07 Å². The number of hydrogen-bond acceptors (Lipinski definition) is 4. The van der Waals surface area contributed by atoms with Crippen molar-refractivity contribution in [2.75, 3.05) is 11.6 Å². The second-order valence-electron chi connectivity index (χ2n) is 3.79. The van der Waals surface area contributed by atoms with E-state index in [9.17, 15) is 14.7 Å². The van der Waals surface area contributed by atoms with E-state index >= 15 is 0 Å². The third-order valence-corrected chi connectivity index (χ3v) is 4.12. The van der Waals surface area contributed by atoms with E-state index in [2.05, 4.69) is 15.9 Å². The molecule has 1 aromatic carbocycles. The Morgan fingerprint density at radius 2 is 2.17 bits per heavy atom. The molecule has 1 aliphatic rings. The second kappa shape index (κ2) is 5.19. The van der Waals surface area contributed by atoms with Crippen LogP contribution in [0.25, 0.3) is 0 Å². The van der Waals surface area contributed by atoms with Gasteiger partial charge in [0.25, 0.3) is 5.91 Å². The van der Waals surface area contributed by atoms with Crippen molar-refractivity contribution in [3.8, 4) is 5.75 Å². The number of aromatic hydroxyl groups is 1. The first-order valence-electron chi connectivity index (χ1n) is 5.10. The first-order chi connectivity index (χ1) is 8.50. The summed E-state index contributed by atoms with van der Waals surface area (Å²) in [5.41, 5.74) is 0.109. The standard InChI is InChI=1S/C11H10BrNO4S/c12-6-1-2-9(14)7(3-6)10(15)13-5-18-4-8(13)11(16)17/h1-3,8,14H,4-5H2,(H,16,17)/t8-/m0/s1. The number of phenolic OH excluding ortho intramolecular Hbond substituents is 1. The molecule has 0 radical (unpaired) electrons. The van der Waals surface area contributed by atoms with Gasteiger partial charge in [-0.3, -0.25) is 4.79 Å². The minimum Gasteiger partial charge on any atom is -0.507 e. The topological polar surface area (TPSA) is 77.8 Å². The van der Waals surface area contributed by atoms with Crippen LogP contribution in [0.4, 0.5) is 0 Å². The van der Waals surface area contributed by atoms with Crippen LogP contribution in [0, 0.1) is 0 Å². The van der Waals surface area contributed by atoms with Crippen molar-refractivity contribution in [1.29, 1.82) is 0 Å². The molecule has 0 aliphatic carbocycles. The molecule has 1 amide bonds. The molecule has 1 saturated heterocycles. The number of benzene rings is 1. The lowest BCUT2D eigenvalue weighted by Gasteiger charge is -2.20. The van der Waals surface area contributed by atoms with Gasteiger partial charge in [-0.05, 0) is 18.2 Å². The molecule has 18 heavy (non-hydrogen) atoms. The molecule has 2 N–H and O–H groups in total. The predicted molar refractivity (Wildman–Crippen MR) is 70.7 cm³/mol. The van der Waals surface area contributed by atoms with Crippen LogP contribution in [0.2, 0.25) is 0 Å². The number of carbonyl (C=O) groups excluding carboxylic acids is 1. The van der Waals surface area contributed by atoms with Gasteiger partial charge in [0, 0.05) is 10.2 Å². The lowest BCUT2D eigenvalue weighted by molar-refractivity contribution is -0.140. The van der Waals surface area contributed by atoms with Crippen LogP contribution < -0.4 is 0 Å². The fraction of sp³-hybridized carbons (Fsp3) is 0.273. The van der Waals surface area contributed by atoms with Gasteiger partial charge in [0.05, 0.1) is 11.4 Å². The van der Waals surface area contributed by atoms with Gasteiger partial charge in [-0.2, -0.15) is 0 Å². The summed E-state index contributed by atoms with van der Waals surface area (Å²) in [5.74, 6) is -0.948. The molecule has 5 nitrogen and oxygen atoms in total. The molecule has 1 aromatic rings. The molecule has 1 heterocycles. The molecule has 2 rings (SSSR count). The summed E-state index contributed by atoms with van der Waals surface area (Å²) in [4.78, 5) is 24.5. The van der Waals surface area contributed by atoms with Gasteiger partial charge in [-0.1, -0.05) is 15.9 Å². The summed E-state index contributed by atoms with van der Waals surface area (Å²) in [6.45, 7) is 0. The zero-order valence-electron chi connectivity index (χ0n) is 9.17. The van der Waals surface area contributed by atoms with Gasteiger partial charge in [-0.15, -0.1) is 11.8 Å². The summed E-state index contributed by atoms with van der Waals surface area (Å²) in [6.07, 6.45) is 0. The first kappa shape index (κ1) is 13.2. The van der Waals surface area contributed by atoms with Crippen LogP contribution >= 0.6 is 27.7 Å². The summed E-state index contributed by atoms with van der Waals surface area (Å²) in [6, 6.07) is 3.66. The first-order valence-corrected chi connectivity index (χ1v) is 7.05. The zero-order chi connectivity index (χ0) is 13.3. The van der Waals surface area contributed by atoms with Gasteiger partial charge < -0.3 is 15.1 Å². The monoisotopic (exact) mass is 331 g/mol. The average Bonchev–Trinajstić information content (AvgIpc) is 2.80. The number of carboxylic acids is 1. The van der Waals surface area contributed by atoms with Crippen LogP contribution in [0.3, 0.4) is 0 Å². The van der Waals surface area contributed by atoms with Crippen molar-refractivity contribution in [3.05, 3.63) is 28.2 Å². The lowest BCUT2D eigenvalue weighted by atomic mass is 10.1. The lowest BCUT2D eigenvalue weighted by Crippen LogP contribution is -2.41. The number of amides is 1. The van der Waals surface area contributed by atoms with E-state index in [1.807, 2.05) is 0 Å². The van der Waals surface area contributed by atoms with Crippen LogP contribution in [-0.2, 0) is 4.79 Å². The van der Waals surface area contributed by atoms with Crippen molar-refractivity contribution >= 4 is 39.6 Å². The van der Waals surface area contributed by atoms with Gasteiger partial charge in [0.15, 0.2) is 0 Å². The van der Waals surface area contributed by atoms with Crippen molar-refractivity contribution in [3.63, 3.8) is 0 Å². The fourth-order valence-corrected chi connectivity index (χ4v) is 3.19. The maximum Gasteiger partial charge on any atom is 0.327 e. The SMILES string of the molecule is O=C(O)[C@@H]1CSCN1C(=O)c1cc(Br)ccc1O. The number of halogens is 1. The highest BCUT2D eigenvalue weighted by atomic mass is 79.9. The summed E-state index contributed by atoms with van der Waals surface area (Å²) in [5, 5.41) is 18.7. The Morgan fingerprint density at radius 3 is 2.83 bits per heavy atom. The molecule has 96 valence electrons. The van der Waals surface area contributed by atoms with Gasteiger partial charge in [0.2, 0.25) is 0 Å². The maximum atomic E-state index is 12.2. The third kappa shape index (κ3) is 2.46. The van der Waals surface area contributed by atoms with Gasteiger partial charge in [-0.25, -0.2) is 4.79 Å². The minimum absolute atomic E-state index is 0.109. The molecule has 0 unspecified atom stereocenters. The smallest absolute Gasteiger partial charge is 0.327 e. The molecule has 1 fully saturated rings. The predicted octanol–water partition coefficient (Wildman–Crippen LogP) is 1.75. The Morgan fingerprint density at radius 1 is 1.44 bits per heavy atom. The molecule has 0 saturated carbocycles. The third-order valence-electron chi connectivity index (χ3n) is 2.62. The van der Waals surface area contributed by atoms with E-state index in [1.165, 1.54) is 28.8 Å². The molecule has 7 heteroatoms. The summed E-state index contributed by atoms with van der Waals surface area (Å²) in [7, 11) is 0. The molecular formula is C11H10BrNO4S. The zero-order valence-corrected chi connectivity index (χ0v) is 11.6. The van der Waals surface area contributed by atoms with E-state index in [0.29, 0.717) is 16.1 Å². The highest BCUT2D eigenvalue weighted by Crippen LogP contribution is 2.28. The quantitative estimate of drug-likeness (QED) is 0.863. The van der Waals surface area contributed by atoms with E-state index in [0.717, 1.165) is 0 Å². The van der Waals surface area contributed by atoms with Crippen LogP contribution in [-0.4, -0.2) is 44.7 Å². The van der Waals surface area contributed by atoms with Crippen molar-refractivity contribution in [2.24, 2.45) is 0 Å². The average molecular weight is 332 g/mol. The van der Waals surface area contributed by atoms with Crippen molar-refractivity contribution in [2.45, 2.75) is 6.04 Å². The number of carboxylic acid groups (broad SMARTS) is 1. The Hall–Kier alpha value is -1.21. The fourth-order valence-electron chi connectivity index (χ4n) is 1.68. The number of aliphatic carboxylic acids is 1. The summed E-state index contributed by atoms with van der Waals surface area (Å²) < 4.78 is 0.655. The van der Waals surface area contributed by atoms with E-state index < -0.39 is 17.9 Å². The molecule has 1 atom stereocenters. The molecule has 0 aromatic heterocycles. The van der Waals surface area contributed by atoms with Crippen LogP contribution in [0.1, 0.15) is 10.4 Å². The van der Waals surface area contributed by atoms with Gasteiger partial charge in [0.1, 0.15) is 11.8 Å². The maximum absolute atomic E-state index is 12.2. The Bertz CT molecular complexity index is 508. The second-order valence-corrected chi connectivity index (χ2v) is 5.71. The molecule has 0 spiro atoms. The molecule has 1 aliphatic heterocycles. The molecule has 0 bridgehead atoms. The number of nitrogens with zero attached hydrogens (tertiary/aromatic N) is 1. The minimum atomic E-state index is -1.03. The summed E-state index contributed by atoms with van der Waals surface area (Å²) >= 11 is 4.60. The Labute approximate surface area is 116 Å². The number of carbonyl (C=O) groups is 2. The van der Waals surface area contributed by atoms with E-state index in [4.69, 9.17) is 5.11 Å². The Kier molecular flexibility index (Phi) is 3.82. The number of hydrogen-bond donors (Lipinski definition) is 2. The van der Waals surface area contributed by atoms with Crippen molar-refractivity contribution < 1.29 is 19.8 Å². The highest BCUT2D eigenvalue weighted by molar-refractivity contribution is 9.10. The van der Waals surface area contributed by atoms with Crippen LogP contribution in [0.15, 0.2) is 22.7 Å². The van der Waals surface area contributed by atoms with Crippen LogP contribution in [0.5, 0.6) is 5.75 Å². The van der Waals surface area contributed by atoms with Crippen molar-refractivity contribution in [1.82, 2.24) is 4.90 Å². The molecular weight excluding hydrogens is 322 g/mol. The van der Waals surface area contributed by atoms with Gasteiger partial charge >= 0.3 is 5.97 Å². The normalized spacial score (nSPS) is 18.9. The number of rotatable bonds is 2. The number of phenols is 1.